The number of hydrogen-bond donors (Lipinski definition) is 0. The van der Waals surface area contributed by atoms with E-state index in [4.69, 9.17) is 13.9 Å². The van der Waals surface area contributed by atoms with Crippen LogP contribution >= 0.6 is 0 Å². The SMILES string of the molecule is CCCN(Cc1cc(=O)oc2ccc(OC)cc12)c1ccccc1OCC. The van der Waals surface area contributed by atoms with Crippen LogP contribution in [0.3, 0.4) is 0 Å². The molecule has 142 valence electrons. The van der Waals surface area contributed by atoms with Gasteiger partial charge in [0.25, 0.3) is 0 Å². The lowest BCUT2D eigenvalue weighted by Crippen LogP contribution is -2.25. The van der Waals surface area contributed by atoms with Crippen LogP contribution in [0.1, 0.15) is 25.8 Å². The van der Waals surface area contributed by atoms with Gasteiger partial charge in [-0.3, -0.25) is 0 Å². The second-order valence-electron chi connectivity index (χ2n) is 6.28. The quantitative estimate of drug-likeness (QED) is 0.544. The zero-order chi connectivity index (χ0) is 19.2. The van der Waals surface area contributed by atoms with E-state index in [0.29, 0.717) is 18.7 Å². The molecule has 0 spiro atoms. The van der Waals surface area contributed by atoms with Crippen molar-refractivity contribution in [3.63, 3.8) is 0 Å². The molecule has 5 heteroatoms. The van der Waals surface area contributed by atoms with Gasteiger partial charge in [-0.1, -0.05) is 19.1 Å². The van der Waals surface area contributed by atoms with E-state index in [2.05, 4.69) is 17.9 Å². The summed E-state index contributed by atoms with van der Waals surface area (Å²) in [7, 11) is 1.63. The topological polar surface area (TPSA) is 51.9 Å². The summed E-state index contributed by atoms with van der Waals surface area (Å²) in [6, 6.07) is 15.0. The summed E-state index contributed by atoms with van der Waals surface area (Å²) in [5.74, 6) is 1.58. The van der Waals surface area contributed by atoms with Gasteiger partial charge >= 0.3 is 5.63 Å². The normalized spacial score (nSPS) is 10.8. The molecule has 3 rings (SSSR count). The first kappa shape index (κ1) is 18.8. The lowest BCUT2D eigenvalue weighted by molar-refractivity contribution is 0.340. The van der Waals surface area contributed by atoms with Crippen LogP contribution in [-0.4, -0.2) is 20.3 Å². The molecule has 1 aromatic heterocycles. The number of ether oxygens (including phenoxy) is 2. The summed E-state index contributed by atoms with van der Waals surface area (Å²) in [6.07, 6.45) is 0.975. The molecular formula is C22H25NO4. The smallest absolute Gasteiger partial charge is 0.336 e. The minimum absolute atomic E-state index is 0.350. The number of methoxy groups -OCH3 is 1. The van der Waals surface area contributed by atoms with E-state index in [1.54, 1.807) is 25.3 Å². The molecule has 0 amide bonds. The van der Waals surface area contributed by atoms with E-state index < -0.39 is 0 Å². The van der Waals surface area contributed by atoms with Crippen LogP contribution < -0.4 is 20.0 Å². The van der Waals surface area contributed by atoms with Gasteiger partial charge in [0.2, 0.25) is 0 Å². The van der Waals surface area contributed by atoms with Crippen molar-refractivity contribution < 1.29 is 13.9 Å². The Kier molecular flexibility index (Phi) is 6.01. The first-order valence-electron chi connectivity index (χ1n) is 9.23. The van der Waals surface area contributed by atoms with Crippen molar-refractivity contribution in [3.05, 3.63) is 64.5 Å². The second-order valence-corrected chi connectivity index (χ2v) is 6.28. The molecule has 0 bridgehead atoms. The number of para-hydroxylation sites is 2. The number of rotatable bonds is 8. The number of nitrogens with zero attached hydrogens (tertiary/aromatic N) is 1. The molecule has 3 aromatic rings. The third kappa shape index (κ3) is 4.25. The van der Waals surface area contributed by atoms with E-state index in [-0.39, 0.29) is 5.63 Å². The average molecular weight is 367 g/mol. The van der Waals surface area contributed by atoms with E-state index >= 15 is 0 Å². The van der Waals surface area contributed by atoms with Crippen molar-refractivity contribution in [1.82, 2.24) is 0 Å². The molecule has 0 saturated heterocycles. The summed E-state index contributed by atoms with van der Waals surface area (Å²) < 4.78 is 16.5. The van der Waals surface area contributed by atoms with Crippen LogP contribution in [0.15, 0.2) is 57.7 Å². The van der Waals surface area contributed by atoms with E-state index in [9.17, 15) is 4.79 Å². The molecular weight excluding hydrogens is 342 g/mol. The van der Waals surface area contributed by atoms with Gasteiger partial charge in [0, 0.05) is 24.5 Å². The van der Waals surface area contributed by atoms with Crippen molar-refractivity contribution in [2.75, 3.05) is 25.2 Å². The first-order chi connectivity index (χ1) is 13.2. The van der Waals surface area contributed by atoms with Gasteiger partial charge in [0.15, 0.2) is 0 Å². The number of fused-ring (bicyclic) bond motifs is 1. The Morgan fingerprint density at radius 2 is 1.89 bits per heavy atom. The van der Waals surface area contributed by atoms with Gasteiger partial charge in [-0.25, -0.2) is 4.79 Å². The molecule has 5 nitrogen and oxygen atoms in total. The van der Waals surface area contributed by atoms with Crippen LogP contribution in [0.4, 0.5) is 5.69 Å². The molecule has 0 N–H and O–H groups in total. The fraction of sp³-hybridized carbons (Fsp3) is 0.318. The summed E-state index contributed by atoms with van der Waals surface area (Å²) >= 11 is 0. The highest BCUT2D eigenvalue weighted by Gasteiger charge is 2.15. The first-order valence-corrected chi connectivity index (χ1v) is 9.23. The van der Waals surface area contributed by atoms with E-state index in [1.165, 1.54) is 0 Å². The zero-order valence-corrected chi connectivity index (χ0v) is 16.0. The Hall–Kier alpha value is -2.95. The third-order valence-electron chi connectivity index (χ3n) is 4.40. The van der Waals surface area contributed by atoms with Crippen molar-refractivity contribution in [3.8, 4) is 11.5 Å². The third-order valence-corrected chi connectivity index (χ3v) is 4.40. The Bertz CT molecular complexity index is 964. The molecule has 27 heavy (non-hydrogen) atoms. The molecule has 0 aliphatic rings. The maximum absolute atomic E-state index is 12.1. The van der Waals surface area contributed by atoms with E-state index in [0.717, 1.165) is 41.1 Å². The molecule has 0 atom stereocenters. The van der Waals surface area contributed by atoms with E-state index in [1.807, 2.05) is 31.2 Å². The highest BCUT2D eigenvalue weighted by Crippen LogP contribution is 2.31. The molecule has 0 radical (unpaired) electrons. The predicted octanol–water partition coefficient (Wildman–Crippen LogP) is 4.62. The van der Waals surface area contributed by atoms with Gasteiger partial charge in [0.1, 0.15) is 17.1 Å². The van der Waals surface area contributed by atoms with Crippen LogP contribution in [0.2, 0.25) is 0 Å². The Morgan fingerprint density at radius 1 is 1.07 bits per heavy atom. The zero-order valence-electron chi connectivity index (χ0n) is 16.0. The summed E-state index contributed by atoms with van der Waals surface area (Å²) in [5, 5.41) is 0.879. The predicted molar refractivity (Wildman–Crippen MR) is 108 cm³/mol. The summed E-state index contributed by atoms with van der Waals surface area (Å²) in [6.45, 7) is 6.13. The lowest BCUT2D eigenvalue weighted by Gasteiger charge is -2.27. The van der Waals surface area contributed by atoms with Crippen LogP contribution in [0.25, 0.3) is 11.0 Å². The van der Waals surface area contributed by atoms with Crippen LogP contribution in [0, 0.1) is 0 Å². The molecule has 0 fully saturated rings. The molecule has 0 saturated carbocycles. The van der Waals surface area contributed by atoms with Crippen LogP contribution in [0.5, 0.6) is 11.5 Å². The van der Waals surface area contributed by atoms with Gasteiger partial charge in [-0.2, -0.15) is 0 Å². The van der Waals surface area contributed by atoms with Crippen molar-refractivity contribution in [2.45, 2.75) is 26.8 Å². The summed E-state index contributed by atoms with van der Waals surface area (Å²) in [5.41, 5.74) is 2.13. The Balaban J connectivity index is 2.06. The Labute approximate surface area is 159 Å². The standard InChI is InChI=1S/C22H25NO4/c1-4-12-23(19-8-6-7-9-21(19)26-5-2)15-16-13-22(24)27-20-11-10-17(25-3)14-18(16)20/h6-11,13-14H,4-5,12,15H2,1-3H3. The number of anilines is 1. The molecule has 2 aromatic carbocycles. The van der Waals surface area contributed by atoms with Crippen LogP contribution in [-0.2, 0) is 6.54 Å². The fourth-order valence-electron chi connectivity index (χ4n) is 3.22. The largest absolute Gasteiger partial charge is 0.497 e. The van der Waals surface area contributed by atoms with Gasteiger partial charge in [-0.05, 0) is 49.2 Å². The van der Waals surface area contributed by atoms with Crippen molar-refractivity contribution in [1.29, 1.82) is 0 Å². The second kappa shape index (κ2) is 8.62. The minimum atomic E-state index is -0.350. The monoisotopic (exact) mass is 367 g/mol. The van der Waals surface area contributed by atoms with Gasteiger partial charge in [-0.15, -0.1) is 0 Å². The Morgan fingerprint density at radius 3 is 2.63 bits per heavy atom. The maximum Gasteiger partial charge on any atom is 0.336 e. The number of benzene rings is 2. The fourth-order valence-corrected chi connectivity index (χ4v) is 3.22. The molecule has 1 heterocycles. The van der Waals surface area contributed by atoms with Crippen molar-refractivity contribution >= 4 is 16.7 Å². The molecule has 0 aliphatic heterocycles. The molecule has 0 aliphatic carbocycles. The highest BCUT2D eigenvalue weighted by atomic mass is 16.5. The summed E-state index contributed by atoms with van der Waals surface area (Å²) in [4.78, 5) is 14.3. The highest BCUT2D eigenvalue weighted by molar-refractivity contribution is 5.82. The maximum atomic E-state index is 12.1. The number of hydrogen-bond acceptors (Lipinski definition) is 5. The average Bonchev–Trinajstić information content (AvgIpc) is 2.68. The van der Waals surface area contributed by atoms with Gasteiger partial charge < -0.3 is 18.8 Å². The van der Waals surface area contributed by atoms with Gasteiger partial charge in [0.05, 0.1) is 19.4 Å². The minimum Gasteiger partial charge on any atom is -0.497 e. The molecule has 0 unspecified atom stereocenters. The lowest BCUT2D eigenvalue weighted by atomic mass is 10.1. The van der Waals surface area contributed by atoms with Crippen molar-refractivity contribution in [2.24, 2.45) is 0 Å².